The van der Waals surface area contributed by atoms with E-state index in [1.165, 1.54) is 6.42 Å². The Bertz CT molecular complexity index is 422. The van der Waals surface area contributed by atoms with E-state index in [4.69, 9.17) is 9.47 Å². The molecule has 110 valence electrons. The minimum atomic E-state index is 0.181. The Balaban J connectivity index is 1.70. The maximum Gasteiger partial charge on any atom is 0.0677 e. The van der Waals surface area contributed by atoms with Crippen molar-refractivity contribution >= 4 is 0 Å². The lowest BCUT2D eigenvalue weighted by atomic mass is 9.73. The van der Waals surface area contributed by atoms with E-state index in [9.17, 15) is 0 Å². The third-order valence-electron chi connectivity index (χ3n) is 4.61. The molecule has 20 heavy (non-hydrogen) atoms. The van der Waals surface area contributed by atoms with E-state index in [1.54, 1.807) is 7.11 Å². The first-order valence-electron chi connectivity index (χ1n) is 7.55. The fraction of sp³-hybridized carbons (Fsp3) is 0.688. The molecule has 3 rings (SSSR count). The molecule has 2 fully saturated rings. The number of aromatic nitrogens is 1. The van der Waals surface area contributed by atoms with Gasteiger partial charge in [0.15, 0.2) is 0 Å². The van der Waals surface area contributed by atoms with Gasteiger partial charge in [0, 0.05) is 45.0 Å². The van der Waals surface area contributed by atoms with Crippen LogP contribution in [0, 0.1) is 5.41 Å². The average Bonchev–Trinajstić information content (AvgIpc) is 2.48. The van der Waals surface area contributed by atoms with Gasteiger partial charge in [0.2, 0.25) is 0 Å². The van der Waals surface area contributed by atoms with Crippen molar-refractivity contribution in [3.8, 4) is 0 Å². The van der Waals surface area contributed by atoms with E-state index in [0.29, 0.717) is 6.10 Å². The van der Waals surface area contributed by atoms with Gasteiger partial charge in [-0.1, -0.05) is 6.07 Å². The minimum absolute atomic E-state index is 0.181. The molecule has 0 radical (unpaired) electrons. The molecule has 0 amide bonds. The Morgan fingerprint density at radius 1 is 1.50 bits per heavy atom. The molecule has 0 N–H and O–H groups in total. The van der Waals surface area contributed by atoms with Crippen LogP contribution in [0.2, 0.25) is 0 Å². The number of piperidine rings is 1. The van der Waals surface area contributed by atoms with Gasteiger partial charge in [-0.05, 0) is 31.4 Å². The smallest absolute Gasteiger partial charge is 0.0677 e. The van der Waals surface area contributed by atoms with Gasteiger partial charge in [0.25, 0.3) is 0 Å². The molecule has 0 aliphatic carbocycles. The van der Waals surface area contributed by atoms with Crippen LogP contribution in [0.4, 0.5) is 0 Å². The summed E-state index contributed by atoms with van der Waals surface area (Å²) in [6, 6.07) is 6.13. The second kappa shape index (κ2) is 6.20. The Morgan fingerprint density at radius 2 is 2.45 bits per heavy atom. The van der Waals surface area contributed by atoms with E-state index in [0.717, 1.165) is 51.4 Å². The maximum atomic E-state index is 6.01. The van der Waals surface area contributed by atoms with Crippen LogP contribution in [0.5, 0.6) is 0 Å². The van der Waals surface area contributed by atoms with Crippen molar-refractivity contribution < 1.29 is 9.47 Å². The van der Waals surface area contributed by atoms with Crippen LogP contribution in [0.15, 0.2) is 24.4 Å². The molecule has 1 aromatic rings. The van der Waals surface area contributed by atoms with E-state index in [-0.39, 0.29) is 5.41 Å². The summed E-state index contributed by atoms with van der Waals surface area (Å²) < 4.78 is 11.5. The Morgan fingerprint density at radius 3 is 3.25 bits per heavy atom. The quantitative estimate of drug-likeness (QED) is 0.843. The minimum Gasteiger partial charge on any atom is -0.384 e. The van der Waals surface area contributed by atoms with Crippen LogP contribution in [-0.2, 0) is 16.0 Å². The highest BCUT2D eigenvalue weighted by atomic mass is 16.5. The molecule has 1 aromatic heterocycles. The molecule has 2 atom stereocenters. The number of likely N-dealkylation sites (tertiary alicyclic amines) is 1. The highest BCUT2D eigenvalue weighted by Crippen LogP contribution is 2.40. The van der Waals surface area contributed by atoms with E-state index in [1.807, 2.05) is 12.3 Å². The average molecular weight is 276 g/mol. The summed E-state index contributed by atoms with van der Waals surface area (Å²) in [5, 5.41) is 0. The zero-order valence-corrected chi connectivity index (χ0v) is 12.3. The first-order chi connectivity index (χ1) is 9.82. The van der Waals surface area contributed by atoms with Gasteiger partial charge in [0.1, 0.15) is 0 Å². The lowest BCUT2D eigenvalue weighted by Gasteiger charge is -2.50. The molecule has 4 heteroatoms. The van der Waals surface area contributed by atoms with Crippen molar-refractivity contribution in [2.24, 2.45) is 5.41 Å². The molecule has 0 bridgehead atoms. The molecule has 4 nitrogen and oxygen atoms in total. The molecule has 0 unspecified atom stereocenters. The summed E-state index contributed by atoms with van der Waals surface area (Å²) in [5.74, 6) is 0. The fourth-order valence-electron chi connectivity index (χ4n) is 3.74. The van der Waals surface area contributed by atoms with Gasteiger partial charge in [-0.15, -0.1) is 0 Å². The Hall–Kier alpha value is -0.970. The van der Waals surface area contributed by atoms with Gasteiger partial charge >= 0.3 is 0 Å². The zero-order valence-electron chi connectivity index (χ0n) is 12.3. The lowest BCUT2D eigenvalue weighted by Crippen LogP contribution is -2.56. The van der Waals surface area contributed by atoms with E-state index >= 15 is 0 Å². The summed E-state index contributed by atoms with van der Waals surface area (Å²) in [6.45, 7) is 4.79. The van der Waals surface area contributed by atoms with Gasteiger partial charge < -0.3 is 9.47 Å². The van der Waals surface area contributed by atoms with Crippen molar-refractivity contribution in [3.63, 3.8) is 0 Å². The summed E-state index contributed by atoms with van der Waals surface area (Å²) >= 11 is 0. The van der Waals surface area contributed by atoms with E-state index in [2.05, 4.69) is 22.0 Å². The number of hydrogen-bond donors (Lipinski definition) is 0. The molecular weight excluding hydrogens is 252 g/mol. The van der Waals surface area contributed by atoms with Gasteiger partial charge in [-0.3, -0.25) is 9.88 Å². The molecule has 0 aromatic carbocycles. The van der Waals surface area contributed by atoms with Gasteiger partial charge in [-0.25, -0.2) is 0 Å². The number of fused-ring (bicyclic) bond motifs is 1. The molecule has 2 aliphatic heterocycles. The van der Waals surface area contributed by atoms with Crippen LogP contribution < -0.4 is 0 Å². The molecular formula is C16H24N2O2. The number of methoxy groups -OCH3 is 1. The number of ether oxygens (including phenoxy) is 2. The third kappa shape index (κ3) is 2.87. The second-order valence-corrected chi connectivity index (χ2v) is 6.08. The molecule has 2 aliphatic rings. The predicted octanol–water partition coefficient (Wildman–Crippen LogP) is 2.10. The van der Waals surface area contributed by atoms with E-state index < -0.39 is 0 Å². The highest BCUT2D eigenvalue weighted by molar-refractivity contribution is 5.05. The molecule has 0 saturated carbocycles. The summed E-state index contributed by atoms with van der Waals surface area (Å²) in [7, 11) is 1.80. The first-order valence-corrected chi connectivity index (χ1v) is 7.55. The monoisotopic (exact) mass is 276 g/mol. The highest BCUT2D eigenvalue weighted by Gasteiger charge is 2.45. The fourth-order valence-corrected chi connectivity index (χ4v) is 3.74. The number of rotatable bonds is 4. The van der Waals surface area contributed by atoms with Crippen molar-refractivity contribution in [3.05, 3.63) is 30.1 Å². The largest absolute Gasteiger partial charge is 0.384 e. The predicted molar refractivity (Wildman–Crippen MR) is 77.4 cm³/mol. The van der Waals surface area contributed by atoms with Crippen molar-refractivity contribution in [1.29, 1.82) is 0 Å². The maximum absolute atomic E-state index is 6.01. The van der Waals surface area contributed by atoms with Crippen LogP contribution in [-0.4, -0.2) is 49.4 Å². The van der Waals surface area contributed by atoms with Crippen molar-refractivity contribution in [2.45, 2.75) is 31.9 Å². The third-order valence-corrected chi connectivity index (χ3v) is 4.61. The standard InChI is InChI=1S/C16H24N2O2/c1-19-13-16-7-4-10-20-15(16)6-9-18(12-16)11-14-5-2-3-8-17-14/h2-3,5,8,15H,4,6-7,9-13H2,1H3/t15-,16-/m0/s1. The number of hydrogen-bond acceptors (Lipinski definition) is 4. The van der Waals surface area contributed by atoms with Crippen LogP contribution in [0.3, 0.4) is 0 Å². The van der Waals surface area contributed by atoms with Crippen LogP contribution >= 0.6 is 0 Å². The normalized spacial score (nSPS) is 30.9. The lowest BCUT2D eigenvalue weighted by molar-refractivity contribution is -0.149. The summed E-state index contributed by atoms with van der Waals surface area (Å²) in [5.41, 5.74) is 1.33. The summed E-state index contributed by atoms with van der Waals surface area (Å²) in [6.07, 6.45) is 5.71. The summed E-state index contributed by atoms with van der Waals surface area (Å²) in [4.78, 5) is 6.95. The molecule has 3 heterocycles. The zero-order chi connectivity index (χ0) is 13.8. The van der Waals surface area contributed by atoms with Crippen molar-refractivity contribution in [1.82, 2.24) is 9.88 Å². The van der Waals surface area contributed by atoms with Crippen molar-refractivity contribution in [2.75, 3.05) is 33.4 Å². The molecule has 0 spiro atoms. The first kappa shape index (κ1) is 14.0. The SMILES string of the molecule is COC[C@@]12CCCO[C@H]1CCN(Cc1ccccn1)C2. The number of nitrogens with zero attached hydrogens (tertiary/aromatic N) is 2. The van der Waals surface area contributed by atoms with Gasteiger partial charge in [-0.2, -0.15) is 0 Å². The second-order valence-electron chi connectivity index (χ2n) is 6.08. The Kier molecular flexibility index (Phi) is 4.34. The van der Waals surface area contributed by atoms with Crippen LogP contribution in [0.1, 0.15) is 25.0 Å². The number of pyridine rings is 1. The molecule has 2 saturated heterocycles. The van der Waals surface area contributed by atoms with Crippen LogP contribution in [0.25, 0.3) is 0 Å². The topological polar surface area (TPSA) is 34.6 Å². The van der Waals surface area contributed by atoms with Gasteiger partial charge in [0.05, 0.1) is 18.4 Å². The Labute approximate surface area is 121 Å².